The molecule has 26 heavy (non-hydrogen) atoms. The third-order valence-corrected chi connectivity index (χ3v) is 3.13. The third-order valence-electron chi connectivity index (χ3n) is 3.13. The maximum absolute atomic E-state index is 13.8. The zero-order valence-electron chi connectivity index (χ0n) is 13.2. The summed E-state index contributed by atoms with van der Waals surface area (Å²) in [5.74, 6) is -3.76. The molecule has 12 heteroatoms. The highest BCUT2D eigenvalue weighted by molar-refractivity contribution is 5.98. The fraction of sp³-hybridized carbons (Fsp3) is 0.286. The Labute approximate surface area is 144 Å². The van der Waals surface area contributed by atoms with Crippen LogP contribution in [0.3, 0.4) is 0 Å². The Morgan fingerprint density at radius 1 is 1.15 bits per heavy atom. The molecule has 0 bridgehead atoms. The zero-order valence-corrected chi connectivity index (χ0v) is 13.2. The molecule has 2 aromatic rings. The summed E-state index contributed by atoms with van der Waals surface area (Å²) in [6.45, 7) is 0.937. The van der Waals surface area contributed by atoms with Gasteiger partial charge < -0.3 is 10.1 Å². The lowest BCUT2D eigenvalue weighted by molar-refractivity contribution is -0.206. The molecule has 8 nitrogen and oxygen atoms in total. The Balaban J connectivity index is 2.44. The van der Waals surface area contributed by atoms with Gasteiger partial charge in [-0.15, -0.1) is 10.2 Å². The first-order valence-electron chi connectivity index (χ1n) is 7.14. The first kappa shape index (κ1) is 19.1. The van der Waals surface area contributed by atoms with Gasteiger partial charge in [0.15, 0.2) is 0 Å². The van der Waals surface area contributed by atoms with Gasteiger partial charge in [-0.1, -0.05) is 0 Å². The van der Waals surface area contributed by atoms with E-state index in [1.807, 2.05) is 0 Å². The number of carbonyl (C=O) groups is 2. The van der Waals surface area contributed by atoms with Gasteiger partial charge in [-0.25, -0.2) is 13.9 Å². The standard InChI is InChI=1S/C14H13F4N5O3/c1-2-26-12(25)13(14(16,17)18,22-23-7-19-20-8-23)21-11(24)9-3-5-10(15)6-4-9/h3-8,22H,2H2,1H3,(H,21,24)/t13-/m0/s1. The lowest BCUT2D eigenvalue weighted by Gasteiger charge is -2.35. The minimum absolute atomic E-state index is 0.296. The quantitative estimate of drug-likeness (QED) is 0.448. The van der Waals surface area contributed by atoms with Crippen LogP contribution in [0.1, 0.15) is 17.3 Å². The maximum Gasteiger partial charge on any atom is 0.443 e. The fourth-order valence-electron chi connectivity index (χ4n) is 1.91. The summed E-state index contributed by atoms with van der Waals surface area (Å²) in [7, 11) is 0. The average Bonchev–Trinajstić information content (AvgIpc) is 3.06. The van der Waals surface area contributed by atoms with Gasteiger partial charge in [-0.3, -0.25) is 10.2 Å². The van der Waals surface area contributed by atoms with Crippen LogP contribution in [-0.4, -0.2) is 45.2 Å². The van der Waals surface area contributed by atoms with E-state index in [0.717, 1.165) is 36.9 Å². The molecule has 0 unspecified atom stereocenters. The highest BCUT2D eigenvalue weighted by Crippen LogP contribution is 2.31. The van der Waals surface area contributed by atoms with E-state index in [9.17, 15) is 27.2 Å². The second-order valence-electron chi connectivity index (χ2n) is 4.91. The summed E-state index contributed by atoms with van der Waals surface area (Å²) in [6.07, 6.45) is -3.60. The molecule has 1 amide bonds. The van der Waals surface area contributed by atoms with Crippen molar-refractivity contribution >= 4 is 11.9 Å². The first-order valence-corrected chi connectivity index (χ1v) is 7.14. The smallest absolute Gasteiger partial charge is 0.443 e. The van der Waals surface area contributed by atoms with Gasteiger partial charge in [0.05, 0.1) is 6.61 Å². The minimum Gasteiger partial charge on any atom is -0.463 e. The number of carbonyl (C=O) groups excluding carboxylic acids is 2. The van der Waals surface area contributed by atoms with Crippen molar-refractivity contribution in [3.63, 3.8) is 0 Å². The van der Waals surface area contributed by atoms with Crippen LogP contribution in [0, 0.1) is 5.82 Å². The monoisotopic (exact) mass is 375 g/mol. The number of aromatic nitrogens is 3. The molecule has 0 aliphatic rings. The number of hydrogen-bond donors (Lipinski definition) is 2. The van der Waals surface area contributed by atoms with E-state index < -0.39 is 29.5 Å². The number of halogens is 4. The number of amides is 1. The topological polar surface area (TPSA) is 98.1 Å². The molecule has 1 aromatic heterocycles. The van der Waals surface area contributed by atoms with Gasteiger partial charge in [-0.05, 0) is 31.2 Å². The molecule has 1 aromatic carbocycles. The number of ether oxygens (including phenoxy) is 1. The third kappa shape index (κ3) is 3.90. The molecule has 0 fully saturated rings. The van der Waals surface area contributed by atoms with Gasteiger partial charge in [-0.2, -0.15) is 13.2 Å². The van der Waals surface area contributed by atoms with Crippen LogP contribution in [0.5, 0.6) is 0 Å². The van der Waals surface area contributed by atoms with Crippen molar-refractivity contribution in [2.75, 3.05) is 12.0 Å². The molecule has 0 aliphatic heterocycles. The Morgan fingerprint density at radius 2 is 1.73 bits per heavy atom. The van der Waals surface area contributed by atoms with Crippen molar-refractivity contribution in [3.05, 3.63) is 48.3 Å². The van der Waals surface area contributed by atoms with E-state index in [-0.39, 0.29) is 12.2 Å². The van der Waals surface area contributed by atoms with E-state index in [1.165, 1.54) is 6.92 Å². The second-order valence-corrected chi connectivity index (χ2v) is 4.91. The minimum atomic E-state index is -5.31. The van der Waals surface area contributed by atoms with Crippen molar-refractivity contribution in [1.29, 1.82) is 0 Å². The van der Waals surface area contributed by atoms with Crippen molar-refractivity contribution in [1.82, 2.24) is 20.2 Å². The van der Waals surface area contributed by atoms with Crippen LogP contribution in [0.2, 0.25) is 0 Å². The lowest BCUT2D eigenvalue weighted by Crippen LogP contribution is -2.71. The highest BCUT2D eigenvalue weighted by Gasteiger charge is 2.64. The van der Waals surface area contributed by atoms with Crippen molar-refractivity contribution < 1.29 is 31.9 Å². The molecule has 2 rings (SSSR count). The van der Waals surface area contributed by atoms with Crippen LogP contribution >= 0.6 is 0 Å². The van der Waals surface area contributed by atoms with Crippen LogP contribution in [0.4, 0.5) is 17.6 Å². The van der Waals surface area contributed by atoms with Crippen LogP contribution in [-0.2, 0) is 9.53 Å². The van der Waals surface area contributed by atoms with Gasteiger partial charge in [0.2, 0.25) is 0 Å². The van der Waals surface area contributed by atoms with Gasteiger partial charge in [0, 0.05) is 5.56 Å². The zero-order chi connectivity index (χ0) is 19.4. The molecule has 0 radical (unpaired) electrons. The molecule has 0 aliphatic carbocycles. The fourth-order valence-corrected chi connectivity index (χ4v) is 1.91. The van der Waals surface area contributed by atoms with Gasteiger partial charge in [0.25, 0.3) is 5.91 Å². The summed E-state index contributed by atoms with van der Waals surface area (Å²) in [4.78, 5) is 24.4. The Hall–Kier alpha value is -3.18. The largest absolute Gasteiger partial charge is 0.463 e. The summed E-state index contributed by atoms with van der Waals surface area (Å²) < 4.78 is 59.4. The number of esters is 1. The van der Waals surface area contributed by atoms with Crippen LogP contribution in [0.25, 0.3) is 0 Å². The number of nitrogens with one attached hydrogen (secondary N) is 2. The van der Waals surface area contributed by atoms with E-state index >= 15 is 0 Å². The molecule has 0 saturated heterocycles. The number of rotatable bonds is 6. The Bertz CT molecular complexity index is 764. The van der Waals surface area contributed by atoms with Crippen molar-refractivity contribution in [3.8, 4) is 0 Å². The normalized spacial score (nSPS) is 13.6. The molecule has 2 N–H and O–H groups in total. The predicted molar refractivity (Wildman–Crippen MR) is 78.7 cm³/mol. The number of nitrogens with zero attached hydrogens (tertiary/aromatic N) is 3. The lowest BCUT2D eigenvalue weighted by atomic mass is 10.1. The number of benzene rings is 1. The van der Waals surface area contributed by atoms with E-state index in [2.05, 4.69) is 14.9 Å². The molecular weight excluding hydrogens is 362 g/mol. The first-order chi connectivity index (χ1) is 12.2. The average molecular weight is 375 g/mol. The highest BCUT2D eigenvalue weighted by atomic mass is 19.4. The second kappa shape index (κ2) is 7.37. The van der Waals surface area contributed by atoms with E-state index in [4.69, 9.17) is 0 Å². The van der Waals surface area contributed by atoms with Gasteiger partial charge >= 0.3 is 17.8 Å². The Morgan fingerprint density at radius 3 is 2.23 bits per heavy atom. The molecule has 1 atom stereocenters. The Kier molecular flexibility index (Phi) is 5.43. The van der Waals surface area contributed by atoms with Crippen LogP contribution in [0.15, 0.2) is 36.9 Å². The molecular formula is C14H13F4N5O3. The summed E-state index contributed by atoms with van der Waals surface area (Å²) in [6, 6.07) is 3.72. The SMILES string of the molecule is CCOC(=O)[C@](NC(=O)c1ccc(F)cc1)(Nn1cnnc1)C(F)(F)F. The molecule has 0 spiro atoms. The van der Waals surface area contributed by atoms with Crippen LogP contribution < -0.4 is 10.7 Å². The summed E-state index contributed by atoms with van der Waals surface area (Å²) >= 11 is 0. The van der Waals surface area contributed by atoms with E-state index in [1.54, 1.807) is 10.7 Å². The van der Waals surface area contributed by atoms with Crippen molar-refractivity contribution in [2.45, 2.75) is 18.8 Å². The summed E-state index contributed by atoms with van der Waals surface area (Å²) in [5, 5.41) is 8.22. The molecule has 1 heterocycles. The van der Waals surface area contributed by atoms with E-state index in [0.29, 0.717) is 4.68 Å². The van der Waals surface area contributed by atoms with Gasteiger partial charge in [0.1, 0.15) is 18.5 Å². The van der Waals surface area contributed by atoms with Crippen molar-refractivity contribution in [2.24, 2.45) is 0 Å². The molecule has 0 saturated carbocycles. The maximum atomic E-state index is 13.8. The predicted octanol–water partition coefficient (Wildman–Crippen LogP) is 1.21. The number of hydrogen-bond acceptors (Lipinski definition) is 6. The summed E-state index contributed by atoms with van der Waals surface area (Å²) in [5.41, 5.74) is -2.13. The number of alkyl halides is 3. The molecule has 140 valence electrons.